The monoisotopic (exact) mass is 288 g/mol. The molecule has 0 fully saturated rings. The number of hydrogen-bond donors (Lipinski definition) is 2. The number of rotatable bonds is 6. The van der Waals surface area contributed by atoms with Gasteiger partial charge in [-0.3, -0.25) is 11.3 Å². The van der Waals surface area contributed by atoms with E-state index in [9.17, 15) is 4.39 Å². The summed E-state index contributed by atoms with van der Waals surface area (Å²) in [4.78, 5) is 0. The minimum absolute atomic E-state index is 0.0975. The predicted octanol–water partition coefficient (Wildman–Crippen LogP) is 3.67. The van der Waals surface area contributed by atoms with Crippen molar-refractivity contribution in [1.82, 2.24) is 5.43 Å². The maximum absolute atomic E-state index is 13.7. The first kappa shape index (κ1) is 13.6. The molecule has 0 heterocycles. The molecule has 1 atom stereocenters. The number of hydrogen-bond acceptors (Lipinski definition) is 2. The Hall–Kier alpha value is -0.450. The van der Waals surface area contributed by atoms with E-state index >= 15 is 0 Å². The lowest BCUT2D eigenvalue weighted by Gasteiger charge is -2.17. The van der Waals surface area contributed by atoms with Crippen LogP contribution in [0.2, 0.25) is 0 Å². The van der Waals surface area contributed by atoms with Crippen molar-refractivity contribution in [1.29, 1.82) is 0 Å². The van der Waals surface area contributed by atoms with Crippen LogP contribution in [0.15, 0.2) is 22.7 Å². The van der Waals surface area contributed by atoms with Gasteiger partial charge in [0, 0.05) is 16.1 Å². The van der Waals surface area contributed by atoms with Crippen LogP contribution in [0.5, 0.6) is 0 Å². The Balaban J connectivity index is 2.70. The molecule has 0 saturated carbocycles. The van der Waals surface area contributed by atoms with Crippen molar-refractivity contribution in [2.24, 2.45) is 5.84 Å². The Morgan fingerprint density at radius 1 is 1.44 bits per heavy atom. The van der Waals surface area contributed by atoms with E-state index in [2.05, 4.69) is 28.3 Å². The van der Waals surface area contributed by atoms with Crippen LogP contribution in [0, 0.1) is 5.82 Å². The summed E-state index contributed by atoms with van der Waals surface area (Å²) in [5.41, 5.74) is 3.32. The van der Waals surface area contributed by atoms with Gasteiger partial charge in [-0.25, -0.2) is 4.39 Å². The fourth-order valence-electron chi connectivity index (χ4n) is 1.71. The number of nitrogens with one attached hydrogen (secondary N) is 1. The van der Waals surface area contributed by atoms with Gasteiger partial charge in [-0.1, -0.05) is 48.2 Å². The number of benzene rings is 1. The molecule has 0 aromatic heterocycles. The second kappa shape index (κ2) is 6.99. The molecule has 90 valence electrons. The quantitative estimate of drug-likeness (QED) is 0.476. The predicted molar refractivity (Wildman–Crippen MR) is 68.3 cm³/mol. The third kappa shape index (κ3) is 3.85. The van der Waals surface area contributed by atoms with Crippen LogP contribution in [0.4, 0.5) is 4.39 Å². The van der Waals surface area contributed by atoms with Crippen LogP contribution in [-0.2, 0) is 0 Å². The number of hydrazine groups is 1. The van der Waals surface area contributed by atoms with Crippen molar-refractivity contribution < 1.29 is 4.39 Å². The summed E-state index contributed by atoms with van der Waals surface area (Å²) in [7, 11) is 0. The lowest BCUT2D eigenvalue weighted by molar-refractivity contribution is 0.464. The molecule has 1 unspecified atom stereocenters. The normalized spacial score (nSPS) is 12.8. The molecule has 3 N–H and O–H groups in total. The summed E-state index contributed by atoms with van der Waals surface area (Å²) in [5.74, 6) is 5.25. The Morgan fingerprint density at radius 3 is 2.75 bits per heavy atom. The van der Waals surface area contributed by atoms with Gasteiger partial charge < -0.3 is 0 Å². The van der Waals surface area contributed by atoms with E-state index in [1.54, 1.807) is 6.07 Å². The van der Waals surface area contributed by atoms with Gasteiger partial charge in [0.15, 0.2) is 0 Å². The van der Waals surface area contributed by atoms with Gasteiger partial charge in [0.05, 0.1) is 0 Å². The Morgan fingerprint density at radius 2 is 2.19 bits per heavy atom. The van der Waals surface area contributed by atoms with Crippen molar-refractivity contribution >= 4 is 15.9 Å². The van der Waals surface area contributed by atoms with Crippen LogP contribution in [-0.4, -0.2) is 0 Å². The van der Waals surface area contributed by atoms with Gasteiger partial charge in [0.1, 0.15) is 5.82 Å². The fourth-order valence-corrected chi connectivity index (χ4v) is 2.04. The minimum Gasteiger partial charge on any atom is -0.271 e. The van der Waals surface area contributed by atoms with Crippen molar-refractivity contribution in [3.05, 3.63) is 34.1 Å². The summed E-state index contributed by atoms with van der Waals surface area (Å²) in [6.45, 7) is 2.14. The molecule has 4 heteroatoms. The second-order valence-electron chi connectivity index (χ2n) is 3.88. The highest BCUT2D eigenvalue weighted by Gasteiger charge is 2.13. The molecule has 0 aliphatic heterocycles. The Kier molecular flexibility index (Phi) is 5.95. The van der Waals surface area contributed by atoms with Crippen LogP contribution in [0.25, 0.3) is 0 Å². The highest BCUT2D eigenvalue weighted by Crippen LogP contribution is 2.24. The lowest BCUT2D eigenvalue weighted by Crippen LogP contribution is -2.28. The summed E-state index contributed by atoms with van der Waals surface area (Å²) < 4.78 is 14.4. The van der Waals surface area contributed by atoms with Gasteiger partial charge in [0.2, 0.25) is 0 Å². The maximum Gasteiger partial charge on any atom is 0.129 e. The topological polar surface area (TPSA) is 38.0 Å². The molecule has 0 spiro atoms. The van der Waals surface area contributed by atoms with Crippen molar-refractivity contribution in [3.8, 4) is 0 Å². The van der Waals surface area contributed by atoms with Crippen LogP contribution < -0.4 is 11.3 Å². The van der Waals surface area contributed by atoms with Crippen LogP contribution in [0.3, 0.4) is 0 Å². The highest BCUT2D eigenvalue weighted by molar-refractivity contribution is 9.10. The van der Waals surface area contributed by atoms with E-state index in [-0.39, 0.29) is 11.9 Å². The molecule has 16 heavy (non-hydrogen) atoms. The molecule has 0 aliphatic rings. The highest BCUT2D eigenvalue weighted by atomic mass is 79.9. The SMILES string of the molecule is CCCCCC(NN)c1ccc(Br)cc1F. The standard InChI is InChI=1S/C12H18BrFN2/c1-2-3-4-5-12(16-15)10-7-6-9(13)8-11(10)14/h6-8,12,16H,2-5,15H2,1H3. The summed E-state index contributed by atoms with van der Waals surface area (Å²) >= 11 is 3.24. The van der Waals surface area contributed by atoms with E-state index in [4.69, 9.17) is 5.84 Å². The largest absolute Gasteiger partial charge is 0.271 e. The average molecular weight is 289 g/mol. The Bertz CT molecular complexity index is 331. The lowest BCUT2D eigenvalue weighted by atomic mass is 10.0. The van der Waals surface area contributed by atoms with Gasteiger partial charge in [-0.05, 0) is 18.6 Å². The molecule has 0 aliphatic carbocycles. The van der Waals surface area contributed by atoms with Gasteiger partial charge in [-0.2, -0.15) is 0 Å². The van der Waals surface area contributed by atoms with Gasteiger partial charge in [0.25, 0.3) is 0 Å². The van der Waals surface area contributed by atoms with Gasteiger partial charge in [-0.15, -0.1) is 0 Å². The third-order valence-electron chi connectivity index (χ3n) is 2.64. The number of halogens is 2. The first-order chi connectivity index (χ1) is 7.69. The fraction of sp³-hybridized carbons (Fsp3) is 0.500. The molecule has 1 aromatic rings. The van der Waals surface area contributed by atoms with Gasteiger partial charge >= 0.3 is 0 Å². The van der Waals surface area contributed by atoms with E-state index in [1.165, 1.54) is 6.07 Å². The maximum atomic E-state index is 13.7. The van der Waals surface area contributed by atoms with Crippen molar-refractivity contribution in [3.63, 3.8) is 0 Å². The number of nitrogens with two attached hydrogens (primary N) is 1. The Labute approximate surface area is 105 Å². The van der Waals surface area contributed by atoms with E-state index in [0.29, 0.717) is 5.56 Å². The van der Waals surface area contributed by atoms with Crippen molar-refractivity contribution in [2.45, 2.75) is 38.6 Å². The number of unbranched alkanes of at least 4 members (excludes halogenated alkanes) is 2. The smallest absolute Gasteiger partial charge is 0.129 e. The second-order valence-corrected chi connectivity index (χ2v) is 4.80. The zero-order valence-corrected chi connectivity index (χ0v) is 11.1. The molecular formula is C12H18BrFN2. The molecule has 0 bridgehead atoms. The minimum atomic E-state index is -0.214. The first-order valence-electron chi connectivity index (χ1n) is 5.60. The van der Waals surface area contributed by atoms with E-state index in [0.717, 1.165) is 30.2 Å². The van der Waals surface area contributed by atoms with Crippen molar-refractivity contribution in [2.75, 3.05) is 0 Å². The molecule has 1 rings (SSSR count). The first-order valence-corrected chi connectivity index (χ1v) is 6.39. The molecule has 0 radical (unpaired) electrons. The molecule has 2 nitrogen and oxygen atoms in total. The molecular weight excluding hydrogens is 271 g/mol. The van der Waals surface area contributed by atoms with Crippen LogP contribution in [0.1, 0.15) is 44.2 Å². The molecule has 0 amide bonds. The molecule has 1 aromatic carbocycles. The summed E-state index contributed by atoms with van der Waals surface area (Å²) in [5, 5.41) is 0. The average Bonchev–Trinajstić information content (AvgIpc) is 2.26. The molecule has 0 saturated heterocycles. The zero-order valence-electron chi connectivity index (χ0n) is 9.47. The van der Waals surface area contributed by atoms with E-state index in [1.807, 2.05) is 6.07 Å². The summed E-state index contributed by atoms with van der Waals surface area (Å²) in [6.07, 6.45) is 4.22. The van der Waals surface area contributed by atoms with Crippen LogP contribution >= 0.6 is 15.9 Å². The van der Waals surface area contributed by atoms with E-state index < -0.39 is 0 Å². The third-order valence-corrected chi connectivity index (χ3v) is 3.13. The summed E-state index contributed by atoms with van der Waals surface area (Å²) in [6, 6.07) is 4.98. The zero-order chi connectivity index (χ0) is 12.0.